The lowest BCUT2D eigenvalue weighted by molar-refractivity contribution is 0.0832. The van der Waals surface area contributed by atoms with E-state index < -0.39 is 0 Å². The molecule has 3 heteroatoms. The van der Waals surface area contributed by atoms with Gasteiger partial charge in [0.05, 0.1) is 0 Å². The quantitative estimate of drug-likeness (QED) is 0.901. The minimum atomic E-state index is -0.117. The highest BCUT2D eigenvalue weighted by atomic mass is 19.1. The Balaban J connectivity index is 1.88. The van der Waals surface area contributed by atoms with Crippen molar-refractivity contribution in [1.29, 1.82) is 0 Å². The van der Waals surface area contributed by atoms with Crippen LogP contribution in [-0.4, -0.2) is 31.1 Å². The van der Waals surface area contributed by atoms with Crippen molar-refractivity contribution in [3.8, 4) is 0 Å². The summed E-state index contributed by atoms with van der Waals surface area (Å²) in [4.78, 5) is 2.60. The summed E-state index contributed by atoms with van der Waals surface area (Å²) in [6.07, 6.45) is 4.00. The van der Waals surface area contributed by atoms with Crippen molar-refractivity contribution in [3.05, 3.63) is 35.1 Å². The lowest BCUT2D eigenvalue weighted by Gasteiger charge is -2.43. The van der Waals surface area contributed by atoms with Gasteiger partial charge in [-0.1, -0.05) is 12.5 Å². The van der Waals surface area contributed by atoms with Gasteiger partial charge in [0.15, 0.2) is 0 Å². The zero-order chi connectivity index (χ0) is 13.2. The summed E-state index contributed by atoms with van der Waals surface area (Å²) in [7, 11) is 0. The van der Waals surface area contributed by atoms with Crippen molar-refractivity contribution in [2.24, 2.45) is 5.92 Å². The first-order valence-corrected chi connectivity index (χ1v) is 7.46. The van der Waals surface area contributed by atoms with E-state index in [0.717, 1.165) is 37.7 Å². The molecule has 2 fully saturated rings. The topological polar surface area (TPSA) is 15.3 Å². The molecular formula is C16H23FN2. The van der Waals surface area contributed by atoms with Crippen LogP contribution in [-0.2, 0) is 0 Å². The van der Waals surface area contributed by atoms with E-state index in [-0.39, 0.29) is 5.82 Å². The average molecular weight is 262 g/mol. The van der Waals surface area contributed by atoms with Crippen LogP contribution in [0.25, 0.3) is 0 Å². The molecule has 0 amide bonds. The number of nitrogens with one attached hydrogen (secondary N) is 1. The van der Waals surface area contributed by atoms with Crippen molar-refractivity contribution < 1.29 is 4.39 Å². The Morgan fingerprint density at radius 2 is 2.00 bits per heavy atom. The zero-order valence-corrected chi connectivity index (χ0v) is 11.7. The SMILES string of the molecule is Cc1cc(F)ccc1[C@H](C1CCC1)N1CCNCC1. The first-order chi connectivity index (χ1) is 9.25. The Morgan fingerprint density at radius 1 is 1.26 bits per heavy atom. The maximum Gasteiger partial charge on any atom is 0.123 e. The van der Waals surface area contributed by atoms with Crippen LogP contribution in [0.3, 0.4) is 0 Å². The molecule has 1 aliphatic carbocycles. The van der Waals surface area contributed by atoms with E-state index in [2.05, 4.69) is 10.2 Å². The van der Waals surface area contributed by atoms with Gasteiger partial charge in [-0.05, 0) is 48.9 Å². The van der Waals surface area contributed by atoms with E-state index in [1.165, 1.54) is 24.8 Å². The van der Waals surface area contributed by atoms with Crippen LogP contribution in [0.1, 0.15) is 36.4 Å². The maximum absolute atomic E-state index is 13.3. The van der Waals surface area contributed by atoms with Crippen LogP contribution in [0.15, 0.2) is 18.2 Å². The van der Waals surface area contributed by atoms with Gasteiger partial charge in [-0.15, -0.1) is 0 Å². The minimum Gasteiger partial charge on any atom is -0.314 e. The van der Waals surface area contributed by atoms with Crippen LogP contribution >= 0.6 is 0 Å². The largest absolute Gasteiger partial charge is 0.314 e. The number of aryl methyl sites for hydroxylation is 1. The van der Waals surface area contributed by atoms with Crippen molar-refractivity contribution in [2.75, 3.05) is 26.2 Å². The molecule has 0 unspecified atom stereocenters. The summed E-state index contributed by atoms with van der Waals surface area (Å²) in [6, 6.07) is 5.81. The fraction of sp³-hybridized carbons (Fsp3) is 0.625. The molecule has 1 saturated heterocycles. The van der Waals surface area contributed by atoms with E-state index in [9.17, 15) is 4.39 Å². The first-order valence-electron chi connectivity index (χ1n) is 7.46. The fourth-order valence-corrected chi connectivity index (χ4v) is 3.44. The molecule has 2 aliphatic rings. The number of halogens is 1. The number of hydrogen-bond acceptors (Lipinski definition) is 2. The average Bonchev–Trinajstić information content (AvgIpc) is 2.35. The zero-order valence-electron chi connectivity index (χ0n) is 11.7. The van der Waals surface area contributed by atoms with Gasteiger partial charge in [0.25, 0.3) is 0 Å². The third-order valence-corrected chi connectivity index (χ3v) is 4.69. The molecule has 0 spiro atoms. The second-order valence-electron chi connectivity index (χ2n) is 5.92. The molecule has 3 rings (SSSR count). The molecule has 0 radical (unpaired) electrons. The Morgan fingerprint density at radius 3 is 2.58 bits per heavy atom. The third-order valence-electron chi connectivity index (χ3n) is 4.69. The van der Waals surface area contributed by atoms with Crippen LogP contribution in [0.5, 0.6) is 0 Å². The van der Waals surface area contributed by atoms with Gasteiger partial charge in [-0.3, -0.25) is 4.90 Å². The van der Waals surface area contributed by atoms with Gasteiger partial charge in [0.1, 0.15) is 5.82 Å². The molecule has 1 aliphatic heterocycles. The summed E-state index contributed by atoms with van der Waals surface area (Å²) in [5.41, 5.74) is 2.45. The van der Waals surface area contributed by atoms with E-state index in [4.69, 9.17) is 0 Å². The smallest absolute Gasteiger partial charge is 0.123 e. The Bertz CT molecular complexity index is 436. The van der Waals surface area contributed by atoms with Gasteiger partial charge in [-0.2, -0.15) is 0 Å². The second kappa shape index (κ2) is 5.59. The van der Waals surface area contributed by atoms with Crippen LogP contribution in [0, 0.1) is 18.7 Å². The Hall–Kier alpha value is -0.930. The molecule has 1 heterocycles. The van der Waals surface area contributed by atoms with Crippen molar-refractivity contribution >= 4 is 0 Å². The maximum atomic E-state index is 13.3. The third kappa shape index (κ3) is 2.67. The predicted molar refractivity (Wildman–Crippen MR) is 75.7 cm³/mol. The van der Waals surface area contributed by atoms with Crippen molar-refractivity contribution in [2.45, 2.75) is 32.2 Å². The van der Waals surface area contributed by atoms with Crippen LogP contribution in [0.2, 0.25) is 0 Å². The summed E-state index contributed by atoms with van der Waals surface area (Å²) in [5.74, 6) is 0.649. The van der Waals surface area contributed by atoms with E-state index in [1.807, 2.05) is 13.0 Å². The molecule has 19 heavy (non-hydrogen) atoms. The molecule has 0 aromatic heterocycles. The number of nitrogens with zero attached hydrogens (tertiary/aromatic N) is 1. The van der Waals surface area contributed by atoms with E-state index in [0.29, 0.717) is 6.04 Å². The van der Waals surface area contributed by atoms with Gasteiger partial charge < -0.3 is 5.32 Å². The lowest BCUT2D eigenvalue weighted by Crippen LogP contribution is -2.48. The summed E-state index contributed by atoms with van der Waals surface area (Å²) < 4.78 is 13.3. The van der Waals surface area contributed by atoms with E-state index >= 15 is 0 Å². The standard InChI is InChI=1S/C16H23FN2/c1-12-11-14(17)5-6-15(12)16(13-3-2-4-13)19-9-7-18-8-10-19/h5-6,11,13,16,18H,2-4,7-10H2,1H3/t16-/m0/s1. The normalized spacial score (nSPS) is 23.1. The number of benzene rings is 1. The molecule has 1 N–H and O–H groups in total. The first kappa shape index (κ1) is 13.1. The summed E-state index contributed by atoms with van der Waals surface area (Å²) >= 11 is 0. The van der Waals surface area contributed by atoms with E-state index in [1.54, 1.807) is 12.1 Å². The van der Waals surface area contributed by atoms with Crippen LogP contribution < -0.4 is 5.32 Å². The molecule has 104 valence electrons. The molecule has 1 aromatic rings. The van der Waals surface area contributed by atoms with Crippen LogP contribution in [0.4, 0.5) is 4.39 Å². The monoisotopic (exact) mass is 262 g/mol. The lowest BCUT2D eigenvalue weighted by atomic mass is 9.75. The molecule has 1 saturated carbocycles. The number of rotatable bonds is 3. The highest BCUT2D eigenvalue weighted by Gasteiger charge is 2.34. The number of piperazine rings is 1. The Labute approximate surface area is 115 Å². The number of hydrogen-bond donors (Lipinski definition) is 1. The summed E-state index contributed by atoms with van der Waals surface area (Å²) in [6.45, 7) is 6.41. The van der Waals surface area contributed by atoms with Gasteiger partial charge in [0, 0.05) is 32.2 Å². The van der Waals surface area contributed by atoms with Crippen molar-refractivity contribution in [3.63, 3.8) is 0 Å². The Kier molecular flexibility index (Phi) is 3.85. The molecule has 0 bridgehead atoms. The van der Waals surface area contributed by atoms with Gasteiger partial charge in [-0.25, -0.2) is 4.39 Å². The molecule has 2 nitrogen and oxygen atoms in total. The molecular weight excluding hydrogens is 239 g/mol. The minimum absolute atomic E-state index is 0.117. The van der Waals surface area contributed by atoms with Gasteiger partial charge >= 0.3 is 0 Å². The highest BCUT2D eigenvalue weighted by molar-refractivity contribution is 5.30. The predicted octanol–water partition coefficient (Wildman–Crippen LogP) is 2.88. The second-order valence-corrected chi connectivity index (χ2v) is 5.92. The van der Waals surface area contributed by atoms with Gasteiger partial charge in [0.2, 0.25) is 0 Å². The molecule has 1 atom stereocenters. The summed E-state index contributed by atoms with van der Waals surface area (Å²) in [5, 5.41) is 3.42. The molecule has 1 aromatic carbocycles. The fourth-order valence-electron chi connectivity index (χ4n) is 3.44. The highest BCUT2D eigenvalue weighted by Crippen LogP contribution is 2.42. The van der Waals surface area contributed by atoms with Crippen molar-refractivity contribution in [1.82, 2.24) is 10.2 Å².